The molecule has 2 aromatic rings. The molecule has 0 radical (unpaired) electrons. The Balaban J connectivity index is 1.47. The molecule has 0 aromatic heterocycles. The van der Waals surface area contributed by atoms with Crippen molar-refractivity contribution >= 4 is 0 Å². The molecular weight excluding hydrogens is 306 g/mol. The van der Waals surface area contributed by atoms with E-state index >= 15 is 0 Å². The number of benzene rings is 2. The van der Waals surface area contributed by atoms with Gasteiger partial charge in [-0.25, -0.2) is 0 Å². The van der Waals surface area contributed by atoms with Crippen molar-refractivity contribution < 1.29 is 5.11 Å². The second-order valence-electron chi connectivity index (χ2n) is 7.64. The van der Waals surface area contributed by atoms with Gasteiger partial charge in [-0.3, -0.25) is 0 Å². The Hall–Kier alpha value is -1.80. The fourth-order valence-electron chi connectivity index (χ4n) is 4.15. The molecular formula is C23H31NO. The Labute approximate surface area is 152 Å². The van der Waals surface area contributed by atoms with E-state index in [-0.39, 0.29) is 0 Å². The molecule has 0 spiro atoms. The van der Waals surface area contributed by atoms with Crippen molar-refractivity contribution in [2.75, 3.05) is 7.05 Å². The molecule has 1 aliphatic rings. The van der Waals surface area contributed by atoms with Crippen LogP contribution in [0.3, 0.4) is 0 Å². The standard InChI is InChI=1S/C23H31NO/c1-18(8-9-19-6-4-3-5-7-19)24(2)22-14-10-20(11-15-22)21-12-16-23(25)17-13-21/h3-7,12-13,16-18,20,22,25H,8-11,14-15H2,1-2H3. The number of nitrogens with zero attached hydrogens (tertiary/aromatic N) is 1. The maximum atomic E-state index is 9.46. The summed E-state index contributed by atoms with van der Waals surface area (Å²) in [6.45, 7) is 2.37. The number of rotatable bonds is 6. The lowest BCUT2D eigenvalue weighted by atomic mass is 9.81. The molecule has 1 atom stereocenters. The van der Waals surface area contributed by atoms with E-state index in [0.717, 1.165) is 6.42 Å². The van der Waals surface area contributed by atoms with Gasteiger partial charge >= 0.3 is 0 Å². The van der Waals surface area contributed by atoms with Crippen molar-refractivity contribution in [1.29, 1.82) is 0 Å². The zero-order valence-electron chi connectivity index (χ0n) is 15.6. The van der Waals surface area contributed by atoms with E-state index in [1.807, 2.05) is 12.1 Å². The van der Waals surface area contributed by atoms with Gasteiger partial charge < -0.3 is 10.0 Å². The summed E-state index contributed by atoms with van der Waals surface area (Å²) in [7, 11) is 2.31. The fraction of sp³-hybridized carbons (Fsp3) is 0.478. The number of hydrogen-bond acceptors (Lipinski definition) is 2. The Morgan fingerprint density at radius 3 is 2.24 bits per heavy atom. The quantitative estimate of drug-likeness (QED) is 0.766. The molecule has 0 bridgehead atoms. The third-order valence-corrected chi connectivity index (χ3v) is 6.03. The van der Waals surface area contributed by atoms with Gasteiger partial charge in [-0.2, -0.15) is 0 Å². The molecule has 3 rings (SSSR count). The zero-order valence-corrected chi connectivity index (χ0v) is 15.6. The Kier molecular flexibility index (Phi) is 6.14. The molecule has 0 aliphatic heterocycles. The third kappa shape index (κ3) is 4.85. The summed E-state index contributed by atoms with van der Waals surface area (Å²) < 4.78 is 0. The molecule has 25 heavy (non-hydrogen) atoms. The summed E-state index contributed by atoms with van der Waals surface area (Å²) in [6, 6.07) is 20.0. The number of aryl methyl sites for hydroxylation is 1. The molecule has 1 aliphatic carbocycles. The molecule has 0 saturated heterocycles. The topological polar surface area (TPSA) is 23.5 Å². The summed E-state index contributed by atoms with van der Waals surface area (Å²) in [6.07, 6.45) is 7.44. The van der Waals surface area contributed by atoms with Crippen LogP contribution in [-0.4, -0.2) is 29.1 Å². The van der Waals surface area contributed by atoms with Crippen molar-refractivity contribution in [2.45, 2.75) is 63.5 Å². The highest BCUT2D eigenvalue weighted by atomic mass is 16.3. The summed E-state index contributed by atoms with van der Waals surface area (Å²) in [5, 5.41) is 9.46. The van der Waals surface area contributed by atoms with Crippen LogP contribution < -0.4 is 0 Å². The lowest BCUT2D eigenvalue weighted by Crippen LogP contribution is -2.40. The van der Waals surface area contributed by atoms with Gasteiger partial charge in [0.25, 0.3) is 0 Å². The smallest absolute Gasteiger partial charge is 0.115 e. The molecule has 134 valence electrons. The highest BCUT2D eigenvalue weighted by Crippen LogP contribution is 2.35. The van der Waals surface area contributed by atoms with Gasteiger partial charge in [0.2, 0.25) is 0 Å². The summed E-state index contributed by atoms with van der Waals surface area (Å²) in [5.41, 5.74) is 2.83. The minimum atomic E-state index is 0.365. The first-order valence-electron chi connectivity index (χ1n) is 9.68. The monoisotopic (exact) mass is 337 g/mol. The molecule has 1 saturated carbocycles. The van der Waals surface area contributed by atoms with E-state index < -0.39 is 0 Å². The van der Waals surface area contributed by atoms with Crippen molar-refractivity contribution in [3.05, 3.63) is 65.7 Å². The van der Waals surface area contributed by atoms with Crippen LogP contribution in [0.5, 0.6) is 5.75 Å². The minimum absolute atomic E-state index is 0.365. The van der Waals surface area contributed by atoms with Crippen molar-refractivity contribution in [1.82, 2.24) is 4.90 Å². The van der Waals surface area contributed by atoms with Crippen LogP contribution in [0, 0.1) is 0 Å². The maximum Gasteiger partial charge on any atom is 0.115 e. The van der Waals surface area contributed by atoms with Crippen molar-refractivity contribution in [3.8, 4) is 5.75 Å². The van der Waals surface area contributed by atoms with Crippen LogP contribution in [0.15, 0.2) is 54.6 Å². The van der Waals surface area contributed by atoms with E-state index in [1.165, 1.54) is 43.2 Å². The summed E-state index contributed by atoms with van der Waals surface area (Å²) in [5.74, 6) is 1.02. The van der Waals surface area contributed by atoms with E-state index in [4.69, 9.17) is 0 Å². The van der Waals surface area contributed by atoms with E-state index in [2.05, 4.69) is 61.3 Å². The molecule has 2 aromatic carbocycles. The number of phenols is 1. The molecule has 1 N–H and O–H groups in total. The highest BCUT2D eigenvalue weighted by Gasteiger charge is 2.26. The minimum Gasteiger partial charge on any atom is -0.508 e. The molecule has 0 heterocycles. The number of phenolic OH excluding ortho intramolecular Hbond substituents is 1. The van der Waals surface area contributed by atoms with Crippen LogP contribution in [0.4, 0.5) is 0 Å². The van der Waals surface area contributed by atoms with Crippen LogP contribution in [0.2, 0.25) is 0 Å². The fourth-order valence-corrected chi connectivity index (χ4v) is 4.15. The first-order chi connectivity index (χ1) is 12.1. The van der Waals surface area contributed by atoms with Crippen molar-refractivity contribution in [3.63, 3.8) is 0 Å². The second kappa shape index (κ2) is 8.53. The third-order valence-electron chi connectivity index (χ3n) is 6.03. The highest BCUT2D eigenvalue weighted by molar-refractivity contribution is 5.28. The van der Waals surface area contributed by atoms with E-state index in [9.17, 15) is 5.11 Å². The van der Waals surface area contributed by atoms with Crippen LogP contribution in [0.25, 0.3) is 0 Å². The Bertz CT molecular complexity index is 629. The maximum absolute atomic E-state index is 9.46. The normalized spacial score (nSPS) is 22.0. The van der Waals surface area contributed by atoms with E-state index in [0.29, 0.717) is 23.8 Å². The molecule has 1 unspecified atom stereocenters. The lowest BCUT2D eigenvalue weighted by Gasteiger charge is -2.38. The van der Waals surface area contributed by atoms with Gasteiger partial charge in [-0.1, -0.05) is 42.5 Å². The largest absolute Gasteiger partial charge is 0.508 e. The first-order valence-corrected chi connectivity index (χ1v) is 9.68. The number of aromatic hydroxyl groups is 1. The van der Waals surface area contributed by atoms with Crippen LogP contribution in [0.1, 0.15) is 56.1 Å². The van der Waals surface area contributed by atoms with E-state index in [1.54, 1.807) is 0 Å². The summed E-state index contributed by atoms with van der Waals surface area (Å²) in [4.78, 5) is 2.61. The average molecular weight is 338 g/mol. The van der Waals surface area contributed by atoms with Gasteiger partial charge in [-0.15, -0.1) is 0 Å². The SMILES string of the molecule is CC(CCc1ccccc1)N(C)C1CCC(c2ccc(O)cc2)CC1. The Morgan fingerprint density at radius 1 is 0.960 bits per heavy atom. The molecule has 1 fully saturated rings. The Morgan fingerprint density at radius 2 is 1.60 bits per heavy atom. The molecule has 0 amide bonds. The van der Waals surface area contributed by atoms with Gasteiger partial charge in [0.05, 0.1) is 0 Å². The average Bonchev–Trinajstić information content (AvgIpc) is 2.67. The lowest BCUT2D eigenvalue weighted by molar-refractivity contribution is 0.134. The molecule has 2 heteroatoms. The predicted octanol–water partition coefficient (Wildman–Crippen LogP) is 5.37. The first kappa shape index (κ1) is 18.0. The van der Waals surface area contributed by atoms with Gasteiger partial charge in [0.1, 0.15) is 5.75 Å². The van der Waals surface area contributed by atoms with Gasteiger partial charge in [0, 0.05) is 12.1 Å². The second-order valence-corrected chi connectivity index (χ2v) is 7.64. The van der Waals surface area contributed by atoms with Crippen LogP contribution in [-0.2, 0) is 6.42 Å². The van der Waals surface area contributed by atoms with Crippen LogP contribution >= 0.6 is 0 Å². The number of hydrogen-bond donors (Lipinski definition) is 1. The van der Waals surface area contributed by atoms with Gasteiger partial charge in [-0.05, 0) is 81.7 Å². The molecule has 2 nitrogen and oxygen atoms in total. The predicted molar refractivity (Wildman–Crippen MR) is 105 cm³/mol. The van der Waals surface area contributed by atoms with Crippen molar-refractivity contribution in [2.24, 2.45) is 0 Å². The summed E-state index contributed by atoms with van der Waals surface area (Å²) >= 11 is 0. The van der Waals surface area contributed by atoms with Gasteiger partial charge in [0.15, 0.2) is 0 Å². The zero-order chi connectivity index (χ0) is 17.6.